The van der Waals surface area contributed by atoms with Crippen molar-refractivity contribution in [3.8, 4) is 28.6 Å². The fourth-order valence-corrected chi connectivity index (χ4v) is 3.08. The number of anilines is 1. The van der Waals surface area contributed by atoms with E-state index in [1.807, 2.05) is 36.4 Å². The van der Waals surface area contributed by atoms with Crippen LogP contribution in [-0.2, 0) is 0 Å². The number of carbonyl (C=O) groups excluding carboxylic acids is 1. The number of nitrogens with one attached hydrogen (secondary N) is 1. The van der Waals surface area contributed by atoms with Crippen molar-refractivity contribution >= 4 is 23.2 Å². The minimum Gasteiger partial charge on any atom is -0.497 e. The standard InChI is InChI=1S/C23H19ClN4O3/c1-30-19-11-3-15(4-12-19)22-26-21(27-28(22)18-9-5-16(24)6-10-18)23(29)25-17-7-13-20(31-2)14-8-17/h3-14H,1-2H3,(H,25,29). The van der Waals surface area contributed by atoms with Crippen molar-refractivity contribution in [3.63, 3.8) is 0 Å². The number of hydrogen-bond acceptors (Lipinski definition) is 5. The van der Waals surface area contributed by atoms with Gasteiger partial charge in [0.15, 0.2) is 5.82 Å². The predicted molar refractivity (Wildman–Crippen MR) is 119 cm³/mol. The van der Waals surface area contributed by atoms with E-state index in [1.165, 1.54) is 0 Å². The van der Waals surface area contributed by atoms with E-state index in [0.717, 1.165) is 17.0 Å². The Kier molecular flexibility index (Phi) is 5.86. The molecule has 0 atom stereocenters. The van der Waals surface area contributed by atoms with E-state index < -0.39 is 5.91 Å². The molecule has 1 heterocycles. The van der Waals surface area contributed by atoms with E-state index in [1.54, 1.807) is 55.3 Å². The number of amides is 1. The van der Waals surface area contributed by atoms with Crippen LogP contribution in [0, 0.1) is 0 Å². The second kappa shape index (κ2) is 8.89. The second-order valence-corrected chi connectivity index (χ2v) is 6.99. The molecule has 0 aliphatic rings. The summed E-state index contributed by atoms with van der Waals surface area (Å²) in [5.74, 6) is 1.55. The number of aromatic nitrogens is 3. The number of nitrogens with zero attached hydrogens (tertiary/aromatic N) is 3. The Morgan fingerprint density at radius 2 is 1.45 bits per heavy atom. The summed E-state index contributed by atoms with van der Waals surface area (Å²) < 4.78 is 12.0. The Bertz CT molecular complexity index is 1190. The molecule has 4 aromatic rings. The van der Waals surface area contributed by atoms with Gasteiger partial charge in [-0.25, -0.2) is 9.67 Å². The fourth-order valence-electron chi connectivity index (χ4n) is 2.96. The maximum Gasteiger partial charge on any atom is 0.295 e. The van der Waals surface area contributed by atoms with E-state index >= 15 is 0 Å². The topological polar surface area (TPSA) is 78.3 Å². The first-order valence-electron chi connectivity index (χ1n) is 9.40. The Hall–Kier alpha value is -3.84. The van der Waals surface area contributed by atoms with Crippen LogP contribution < -0.4 is 14.8 Å². The van der Waals surface area contributed by atoms with E-state index in [9.17, 15) is 4.79 Å². The Balaban J connectivity index is 1.70. The van der Waals surface area contributed by atoms with Crippen LogP contribution in [-0.4, -0.2) is 34.9 Å². The SMILES string of the molecule is COc1ccc(NC(=O)c2nc(-c3ccc(OC)cc3)n(-c3ccc(Cl)cc3)n2)cc1. The van der Waals surface area contributed by atoms with Gasteiger partial charge in [0.1, 0.15) is 11.5 Å². The highest BCUT2D eigenvalue weighted by atomic mass is 35.5. The highest BCUT2D eigenvalue weighted by Gasteiger charge is 2.19. The number of benzene rings is 3. The molecule has 0 radical (unpaired) electrons. The van der Waals surface area contributed by atoms with Crippen molar-refractivity contribution in [2.24, 2.45) is 0 Å². The molecule has 0 aliphatic carbocycles. The summed E-state index contributed by atoms with van der Waals surface area (Å²) in [6, 6.07) is 21.5. The molecule has 0 fully saturated rings. The molecular weight excluding hydrogens is 416 g/mol. The van der Waals surface area contributed by atoms with Gasteiger partial charge >= 0.3 is 0 Å². The van der Waals surface area contributed by atoms with Gasteiger partial charge in [-0.05, 0) is 72.8 Å². The molecule has 156 valence electrons. The number of halogens is 1. The maximum atomic E-state index is 12.8. The molecule has 0 aliphatic heterocycles. The van der Waals surface area contributed by atoms with Gasteiger partial charge in [0.2, 0.25) is 5.82 Å². The van der Waals surface area contributed by atoms with Gasteiger partial charge in [-0.15, -0.1) is 5.10 Å². The average molecular weight is 435 g/mol. The average Bonchev–Trinajstić information content (AvgIpc) is 3.26. The van der Waals surface area contributed by atoms with Gasteiger partial charge in [0.05, 0.1) is 19.9 Å². The third-order valence-electron chi connectivity index (χ3n) is 4.58. The fraction of sp³-hybridized carbons (Fsp3) is 0.0870. The monoisotopic (exact) mass is 434 g/mol. The molecule has 0 unspecified atom stereocenters. The third kappa shape index (κ3) is 4.51. The third-order valence-corrected chi connectivity index (χ3v) is 4.83. The molecule has 0 spiro atoms. The van der Waals surface area contributed by atoms with E-state index in [4.69, 9.17) is 21.1 Å². The summed E-state index contributed by atoms with van der Waals surface area (Å²) in [5.41, 5.74) is 2.12. The number of carbonyl (C=O) groups is 1. The molecule has 7 nitrogen and oxygen atoms in total. The highest BCUT2D eigenvalue weighted by Crippen LogP contribution is 2.25. The summed E-state index contributed by atoms with van der Waals surface area (Å²) in [7, 11) is 3.19. The van der Waals surface area contributed by atoms with Crippen LogP contribution in [0.1, 0.15) is 10.6 Å². The summed E-state index contributed by atoms with van der Waals surface area (Å²) in [5, 5.41) is 7.86. The van der Waals surface area contributed by atoms with Crippen LogP contribution in [0.2, 0.25) is 5.02 Å². The van der Waals surface area contributed by atoms with Gasteiger partial charge in [0, 0.05) is 16.3 Å². The number of rotatable bonds is 6. The van der Waals surface area contributed by atoms with E-state index in [-0.39, 0.29) is 5.82 Å². The van der Waals surface area contributed by atoms with Gasteiger partial charge < -0.3 is 14.8 Å². The molecule has 0 saturated carbocycles. The van der Waals surface area contributed by atoms with E-state index in [2.05, 4.69) is 15.4 Å². The Labute approximate surface area is 184 Å². The summed E-state index contributed by atoms with van der Waals surface area (Å²) >= 11 is 6.02. The molecule has 1 amide bonds. The van der Waals surface area contributed by atoms with Crippen LogP contribution in [0.5, 0.6) is 11.5 Å². The highest BCUT2D eigenvalue weighted by molar-refractivity contribution is 6.30. The normalized spacial score (nSPS) is 10.5. The number of methoxy groups -OCH3 is 2. The van der Waals surface area contributed by atoms with Crippen molar-refractivity contribution in [3.05, 3.63) is 83.6 Å². The first-order valence-corrected chi connectivity index (χ1v) is 9.78. The largest absolute Gasteiger partial charge is 0.497 e. The lowest BCUT2D eigenvalue weighted by atomic mass is 10.2. The Morgan fingerprint density at radius 1 is 0.871 bits per heavy atom. The van der Waals surface area contributed by atoms with E-state index in [0.29, 0.717) is 22.3 Å². The molecule has 0 bridgehead atoms. The minimum absolute atomic E-state index is 0.0385. The zero-order chi connectivity index (χ0) is 21.8. The smallest absolute Gasteiger partial charge is 0.295 e. The van der Waals surface area contributed by atoms with Crippen LogP contribution in [0.3, 0.4) is 0 Å². The lowest BCUT2D eigenvalue weighted by Crippen LogP contribution is -2.14. The lowest BCUT2D eigenvalue weighted by molar-refractivity contribution is 0.101. The van der Waals surface area contributed by atoms with Crippen molar-refractivity contribution < 1.29 is 14.3 Å². The van der Waals surface area contributed by atoms with Gasteiger partial charge in [0.25, 0.3) is 5.91 Å². The van der Waals surface area contributed by atoms with Crippen LogP contribution in [0.25, 0.3) is 17.1 Å². The van der Waals surface area contributed by atoms with Crippen molar-refractivity contribution in [2.45, 2.75) is 0 Å². The van der Waals surface area contributed by atoms with Crippen LogP contribution in [0.15, 0.2) is 72.8 Å². The molecule has 1 aromatic heterocycles. The summed E-state index contributed by atoms with van der Waals surface area (Å²) in [6.07, 6.45) is 0. The number of hydrogen-bond donors (Lipinski definition) is 1. The Morgan fingerprint density at radius 3 is 2.03 bits per heavy atom. The van der Waals surface area contributed by atoms with Crippen molar-refractivity contribution in [1.29, 1.82) is 0 Å². The zero-order valence-corrected chi connectivity index (χ0v) is 17.6. The zero-order valence-electron chi connectivity index (χ0n) is 16.9. The molecule has 8 heteroatoms. The summed E-state index contributed by atoms with van der Waals surface area (Å²) in [4.78, 5) is 17.3. The molecular formula is C23H19ClN4O3. The van der Waals surface area contributed by atoms with Crippen LogP contribution in [0.4, 0.5) is 5.69 Å². The van der Waals surface area contributed by atoms with Crippen molar-refractivity contribution in [2.75, 3.05) is 19.5 Å². The second-order valence-electron chi connectivity index (χ2n) is 6.56. The maximum absolute atomic E-state index is 12.8. The lowest BCUT2D eigenvalue weighted by Gasteiger charge is -2.07. The molecule has 31 heavy (non-hydrogen) atoms. The van der Waals surface area contributed by atoms with Gasteiger partial charge in [-0.3, -0.25) is 4.79 Å². The van der Waals surface area contributed by atoms with Gasteiger partial charge in [-0.1, -0.05) is 11.6 Å². The number of ether oxygens (including phenoxy) is 2. The first-order chi connectivity index (χ1) is 15.1. The van der Waals surface area contributed by atoms with Crippen molar-refractivity contribution in [1.82, 2.24) is 14.8 Å². The minimum atomic E-state index is -0.423. The van der Waals surface area contributed by atoms with Crippen LogP contribution >= 0.6 is 11.6 Å². The quantitative estimate of drug-likeness (QED) is 0.469. The molecule has 4 rings (SSSR count). The van der Waals surface area contributed by atoms with Gasteiger partial charge in [-0.2, -0.15) is 0 Å². The summed E-state index contributed by atoms with van der Waals surface area (Å²) in [6.45, 7) is 0. The molecule has 3 aromatic carbocycles. The predicted octanol–water partition coefficient (Wildman–Crippen LogP) is 4.86. The molecule has 0 saturated heterocycles. The molecule has 1 N–H and O–H groups in total. The first kappa shape index (κ1) is 20.4.